The van der Waals surface area contributed by atoms with E-state index in [0.717, 1.165) is 6.42 Å². The molecule has 232 valence electrons. The number of aliphatic carboxylic acids is 1. The summed E-state index contributed by atoms with van der Waals surface area (Å²) in [6.07, 6.45) is 1.48. The van der Waals surface area contributed by atoms with Crippen molar-refractivity contribution in [2.75, 3.05) is 33.4 Å². The number of hydrogen-bond acceptors (Lipinski definition) is 7. The van der Waals surface area contributed by atoms with Gasteiger partial charge in [-0.25, -0.2) is 13.9 Å². The second-order valence-corrected chi connectivity index (χ2v) is 12.3. The minimum absolute atomic E-state index is 0.00466. The van der Waals surface area contributed by atoms with E-state index in [0.29, 0.717) is 42.9 Å². The number of likely N-dealkylation sites (tertiary alicyclic amines) is 1. The minimum atomic E-state index is -1.04. The number of rotatable bonds is 11. The van der Waals surface area contributed by atoms with Crippen LogP contribution in [0, 0.1) is 24.6 Å². The number of hydrogen-bond donors (Lipinski definition) is 1. The molecule has 0 aliphatic carbocycles. The molecule has 1 saturated heterocycles. The summed E-state index contributed by atoms with van der Waals surface area (Å²) in [5, 5.41) is 18.5. The summed E-state index contributed by atoms with van der Waals surface area (Å²) in [5.41, 5.74) is 0.983. The molecule has 1 aliphatic heterocycles. The highest BCUT2D eigenvalue weighted by atomic mass is 19.1. The summed E-state index contributed by atoms with van der Waals surface area (Å²) in [7, 11) is 1.63. The predicted molar refractivity (Wildman–Crippen MR) is 154 cm³/mol. The van der Waals surface area contributed by atoms with Gasteiger partial charge in [0.05, 0.1) is 23.3 Å². The van der Waals surface area contributed by atoms with Gasteiger partial charge in [0.1, 0.15) is 11.4 Å². The molecule has 1 aromatic heterocycles. The number of benzene rings is 1. The highest BCUT2D eigenvalue weighted by molar-refractivity contribution is 5.94. The summed E-state index contributed by atoms with van der Waals surface area (Å²) in [6.45, 7) is 11.8. The van der Waals surface area contributed by atoms with Gasteiger partial charge in [-0.1, -0.05) is 19.1 Å². The summed E-state index contributed by atoms with van der Waals surface area (Å²) >= 11 is 0. The molecule has 12 heteroatoms. The summed E-state index contributed by atoms with van der Waals surface area (Å²) < 4.78 is 26.3. The van der Waals surface area contributed by atoms with Crippen molar-refractivity contribution in [1.82, 2.24) is 24.8 Å². The number of carbonyl (C=O) groups is 3. The lowest BCUT2D eigenvalue weighted by Crippen LogP contribution is -2.56. The van der Waals surface area contributed by atoms with Crippen LogP contribution in [0.3, 0.4) is 0 Å². The molecule has 0 saturated carbocycles. The van der Waals surface area contributed by atoms with Crippen molar-refractivity contribution < 1.29 is 33.4 Å². The Balaban J connectivity index is 2.02. The van der Waals surface area contributed by atoms with Gasteiger partial charge in [0.2, 0.25) is 0 Å². The van der Waals surface area contributed by atoms with E-state index < -0.39 is 35.5 Å². The number of amides is 2. The molecule has 1 fully saturated rings. The van der Waals surface area contributed by atoms with E-state index >= 15 is 0 Å². The van der Waals surface area contributed by atoms with Crippen LogP contribution < -0.4 is 0 Å². The van der Waals surface area contributed by atoms with E-state index in [1.165, 1.54) is 11.0 Å². The summed E-state index contributed by atoms with van der Waals surface area (Å²) in [6, 6.07) is 4.02. The van der Waals surface area contributed by atoms with Crippen molar-refractivity contribution in [2.24, 2.45) is 11.8 Å². The molecule has 3 rings (SSSR count). The molecule has 0 bridgehead atoms. The number of ether oxygens (including phenoxy) is 2. The quantitative estimate of drug-likeness (QED) is 0.380. The molecule has 0 radical (unpaired) electrons. The van der Waals surface area contributed by atoms with Gasteiger partial charge in [-0.2, -0.15) is 0 Å². The smallest absolute Gasteiger partial charge is 0.410 e. The zero-order valence-corrected chi connectivity index (χ0v) is 25.7. The van der Waals surface area contributed by atoms with Gasteiger partial charge in [-0.15, -0.1) is 5.10 Å². The van der Waals surface area contributed by atoms with Crippen molar-refractivity contribution in [3.8, 4) is 5.69 Å². The highest BCUT2D eigenvalue weighted by Crippen LogP contribution is 2.27. The fourth-order valence-corrected chi connectivity index (χ4v) is 5.08. The minimum Gasteiger partial charge on any atom is -0.481 e. The molecule has 2 heterocycles. The average Bonchev–Trinajstić information content (AvgIpc) is 3.33. The Morgan fingerprint density at radius 1 is 1.19 bits per heavy atom. The Labute approximate surface area is 246 Å². The molecule has 2 amide bonds. The number of piperidine rings is 1. The number of carboxylic acid groups (broad SMARTS) is 1. The van der Waals surface area contributed by atoms with Gasteiger partial charge in [0.15, 0.2) is 5.69 Å². The molecular formula is C30H44FN5O6. The Hall–Kier alpha value is -3.54. The molecule has 1 aliphatic rings. The summed E-state index contributed by atoms with van der Waals surface area (Å²) in [5.74, 6) is -2.60. The van der Waals surface area contributed by atoms with Crippen LogP contribution in [0.2, 0.25) is 0 Å². The van der Waals surface area contributed by atoms with Crippen LogP contribution >= 0.6 is 0 Å². The number of carboxylic acids is 1. The molecule has 2 aromatic rings. The molecular weight excluding hydrogens is 545 g/mol. The molecule has 2 atom stereocenters. The second kappa shape index (κ2) is 14.1. The van der Waals surface area contributed by atoms with Crippen LogP contribution in [0.4, 0.5) is 9.18 Å². The third-order valence-corrected chi connectivity index (χ3v) is 7.06. The molecule has 1 unspecified atom stereocenters. The van der Waals surface area contributed by atoms with Crippen molar-refractivity contribution >= 4 is 18.0 Å². The fourth-order valence-electron chi connectivity index (χ4n) is 5.08. The van der Waals surface area contributed by atoms with Gasteiger partial charge >= 0.3 is 12.1 Å². The third-order valence-electron chi connectivity index (χ3n) is 7.06. The molecule has 1 N–H and O–H groups in total. The third kappa shape index (κ3) is 8.50. The van der Waals surface area contributed by atoms with Crippen LogP contribution in [0.5, 0.6) is 0 Å². The van der Waals surface area contributed by atoms with Gasteiger partial charge in [-0.3, -0.25) is 9.59 Å². The number of nitrogens with zero attached hydrogens (tertiary/aromatic N) is 5. The average molecular weight is 590 g/mol. The van der Waals surface area contributed by atoms with Crippen LogP contribution in [-0.2, 0) is 20.7 Å². The lowest BCUT2D eigenvalue weighted by atomic mass is 9.92. The zero-order valence-electron chi connectivity index (χ0n) is 25.7. The Kier molecular flexibility index (Phi) is 11.1. The van der Waals surface area contributed by atoms with Gasteiger partial charge in [0, 0.05) is 33.4 Å². The lowest BCUT2D eigenvalue weighted by Gasteiger charge is -2.42. The number of methoxy groups -OCH3 is 1. The first-order valence-electron chi connectivity index (χ1n) is 14.4. The lowest BCUT2D eigenvalue weighted by molar-refractivity contribution is -0.144. The van der Waals surface area contributed by atoms with Crippen LogP contribution in [-0.4, -0.2) is 92.9 Å². The SMILES string of the molecule is COCCCCc1c(C(=O)N(CC(C)C)[C@H]2CC(C(=O)O)CN(C(=O)OC(C)(C)C)C2)nnn1-c1ccc(F)c(C)c1. The number of aromatic nitrogens is 3. The van der Waals surface area contributed by atoms with E-state index in [1.807, 2.05) is 13.8 Å². The fraction of sp³-hybridized carbons (Fsp3) is 0.633. The molecule has 42 heavy (non-hydrogen) atoms. The monoisotopic (exact) mass is 589 g/mol. The van der Waals surface area contributed by atoms with Crippen molar-refractivity contribution in [3.05, 3.63) is 41.0 Å². The summed E-state index contributed by atoms with van der Waals surface area (Å²) in [4.78, 5) is 42.4. The number of unbranched alkanes of at least 4 members (excludes halogenated alkanes) is 1. The van der Waals surface area contributed by atoms with Crippen LogP contribution in [0.25, 0.3) is 5.69 Å². The Morgan fingerprint density at radius 2 is 1.90 bits per heavy atom. The van der Waals surface area contributed by atoms with Gasteiger partial charge in [-0.05, 0) is 83.1 Å². The topological polar surface area (TPSA) is 127 Å². The molecule has 0 spiro atoms. The molecule has 1 aromatic carbocycles. The van der Waals surface area contributed by atoms with E-state index in [9.17, 15) is 23.9 Å². The van der Waals surface area contributed by atoms with Crippen LogP contribution in [0.1, 0.15) is 75.6 Å². The van der Waals surface area contributed by atoms with Gasteiger partial charge < -0.3 is 24.4 Å². The number of aryl methyl sites for hydroxylation is 1. The maximum Gasteiger partial charge on any atom is 0.410 e. The normalized spacial score (nSPS) is 17.4. The first-order valence-corrected chi connectivity index (χ1v) is 14.4. The first kappa shape index (κ1) is 33.0. The van der Waals surface area contributed by atoms with Gasteiger partial charge in [0.25, 0.3) is 5.91 Å². The maximum absolute atomic E-state index is 14.3. The van der Waals surface area contributed by atoms with Crippen molar-refractivity contribution in [2.45, 2.75) is 78.9 Å². The van der Waals surface area contributed by atoms with Crippen LogP contribution in [0.15, 0.2) is 18.2 Å². The Bertz CT molecular complexity index is 1260. The largest absolute Gasteiger partial charge is 0.481 e. The highest BCUT2D eigenvalue weighted by Gasteiger charge is 2.40. The second-order valence-electron chi connectivity index (χ2n) is 12.3. The standard InChI is InChI=1S/C30H44FN5O6/c1-19(2)16-35(23-15-21(28(38)39)17-34(18-23)29(40)42-30(4,5)6)27(37)26-25(10-8-9-13-41-7)36(33-32-26)22-11-12-24(31)20(3)14-22/h11-12,14,19,21,23H,8-10,13,15-18H2,1-7H3,(H,38,39)/t21?,23-/m0/s1. The van der Waals surface area contributed by atoms with E-state index in [2.05, 4.69) is 10.3 Å². The van der Waals surface area contributed by atoms with Crippen molar-refractivity contribution in [3.63, 3.8) is 0 Å². The number of halogens is 1. The van der Waals surface area contributed by atoms with E-state index in [4.69, 9.17) is 9.47 Å². The predicted octanol–water partition coefficient (Wildman–Crippen LogP) is 4.49. The zero-order chi connectivity index (χ0) is 31.2. The molecule has 11 nitrogen and oxygen atoms in total. The van der Waals surface area contributed by atoms with E-state index in [1.54, 1.807) is 56.5 Å². The Morgan fingerprint density at radius 3 is 2.50 bits per heavy atom. The maximum atomic E-state index is 14.3. The number of carbonyl (C=O) groups excluding carboxylic acids is 2. The first-order chi connectivity index (χ1) is 19.7. The van der Waals surface area contributed by atoms with Crippen molar-refractivity contribution in [1.29, 1.82) is 0 Å². The van der Waals surface area contributed by atoms with E-state index in [-0.39, 0.29) is 36.9 Å².